The largest absolute Gasteiger partial charge is 0.367 e. The molecular formula is C14H18N2O3S. The fourth-order valence-electron chi connectivity index (χ4n) is 1.98. The maximum absolute atomic E-state index is 11.7. The van der Waals surface area contributed by atoms with Crippen LogP contribution in [0.5, 0.6) is 0 Å². The van der Waals surface area contributed by atoms with Gasteiger partial charge in [-0.1, -0.05) is 23.4 Å². The molecule has 2 aromatic rings. The monoisotopic (exact) mass is 294 g/mol. The lowest BCUT2D eigenvalue weighted by Crippen LogP contribution is -2.09. The Labute approximate surface area is 118 Å². The van der Waals surface area contributed by atoms with E-state index in [0.29, 0.717) is 11.3 Å². The van der Waals surface area contributed by atoms with Crippen LogP contribution in [0.4, 0.5) is 5.88 Å². The van der Waals surface area contributed by atoms with Gasteiger partial charge in [-0.3, -0.25) is 0 Å². The number of rotatable bonds is 3. The van der Waals surface area contributed by atoms with Crippen molar-refractivity contribution in [1.29, 1.82) is 0 Å². The summed E-state index contributed by atoms with van der Waals surface area (Å²) in [6.07, 6.45) is 1.17. The van der Waals surface area contributed by atoms with Gasteiger partial charge in [-0.25, -0.2) is 8.42 Å². The van der Waals surface area contributed by atoms with E-state index in [9.17, 15) is 8.42 Å². The molecule has 0 fully saturated rings. The molecule has 20 heavy (non-hydrogen) atoms. The Hall–Kier alpha value is -1.82. The summed E-state index contributed by atoms with van der Waals surface area (Å²) in [5.74, 6) is 0.138. The van der Waals surface area contributed by atoms with Gasteiger partial charge in [0.2, 0.25) is 5.88 Å². The predicted molar refractivity (Wildman–Crippen MR) is 79.1 cm³/mol. The number of anilines is 1. The maximum Gasteiger partial charge on any atom is 0.230 e. The first kappa shape index (κ1) is 14.6. The Morgan fingerprint density at radius 2 is 1.90 bits per heavy atom. The highest BCUT2D eigenvalue weighted by Gasteiger charge is 2.27. The molecular weight excluding hydrogens is 276 g/mol. The van der Waals surface area contributed by atoms with Crippen LogP contribution < -0.4 is 5.73 Å². The highest BCUT2D eigenvalue weighted by molar-refractivity contribution is 7.90. The van der Waals surface area contributed by atoms with Crippen LogP contribution in [0.3, 0.4) is 0 Å². The second-order valence-electron chi connectivity index (χ2n) is 5.08. The van der Waals surface area contributed by atoms with Gasteiger partial charge in [-0.2, -0.15) is 0 Å². The highest BCUT2D eigenvalue weighted by atomic mass is 32.2. The molecule has 2 N–H and O–H groups in total. The van der Waals surface area contributed by atoms with E-state index in [1.807, 2.05) is 32.0 Å². The van der Waals surface area contributed by atoms with Crippen LogP contribution in [-0.4, -0.2) is 19.8 Å². The second kappa shape index (κ2) is 4.94. The van der Waals surface area contributed by atoms with Gasteiger partial charge in [-0.15, -0.1) is 0 Å². The van der Waals surface area contributed by atoms with Gasteiger partial charge < -0.3 is 10.3 Å². The van der Waals surface area contributed by atoms with E-state index in [-0.39, 0.29) is 5.88 Å². The molecule has 0 amide bonds. The van der Waals surface area contributed by atoms with Gasteiger partial charge in [-0.05, 0) is 37.5 Å². The van der Waals surface area contributed by atoms with Gasteiger partial charge in [0.05, 0.1) is 5.56 Å². The van der Waals surface area contributed by atoms with Gasteiger partial charge in [0.15, 0.2) is 9.84 Å². The summed E-state index contributed by atoms with van der Waals surface area (Å²) in [5, 5.41) is 3.07. The topological polar surface area (TPSA) is 86.2 Å². The van der Waals surface area contributed by atoms with Crippen molar-refractivity contribution in [2.75, 3.05) is 12.0 Å². The molecule has 0 saturated heterocycles. The quantitative estimate of drug-likeness (QED) is 0.940. The number of hydrogen-bond donors (Lipinski definition) is 1. The molecule has 6 heteroatoms. The van der Waals surface area contributed by atoms with E-state index in [2.05, 4.69) is 5.16 Å². The first-order valence-electron chi connectivity index (χ1n) is 6.23. The average molecular weight is 294 g/mol. The smallest absolute Gasteiger partial charge is 0.230 e. The molecule has 1 atom stereocenters. The summed E-state index contributed by atoms with van der Waals surface area (Å²) in [6, 6.07) is 5.81. The summed E-state index contributed by atoms with van der Waals surface area (Å²) in [4.78, 5) is 0. The van der Waals surface area contributed by atoms with Crippen LogP contribution in [0.15, 0.2) is 22.7 Å². The van der Waals surface area contributed by atoms with E-state index in [1.165, 1.54) is 6.26 Å². The standard InChI is InChI=1S/C14H18N2O3S/c1-8-5-6-11(7-9(8)2)12-13(16-19-14(12)15)10(3)20(4,17)18/h5-7,10H,15H2,1-4H3. The highest BCUT2D eigenvalue weighted by Crippen LogP contribution is 2.36. The van der Waals surface area contributed by atoms with Crippen molar-refractivity contribution >= 4 is 15.7 Å². The molecule has 1 unspecified atom stereocenters. The number of nitrogens with two attached hydrogens (primary N) is 1. The van der Waals surface area contributed by atoms with Gasteiger partial charge in [0.1, 0.15) is 10.9 Å². The zero-order valence-electron chi connectivity index (χ0n) is 12.0. The summed E-state index contributed by atoms with van der Waals surface area (Å²) < 4.78 is 28.4. The van der Waals surface area contributed by atoms with Crippen LogP contribution in [-0.2, 0) is 9.84 Å². The SMILES string of the molecule is Cc1ccc(-c2c(C(C)S(C)(=O)=O)noc2N)cc1C. The molecule has 1 aromatic carbocycles. The minimum Gasteiger partial charge on any atom is -0.367 e. The van der Waals surface area contributed by atoms with E-state index < -0.39 is 15.1 Å². The molecule has 0 radical (unpaired) electrons. The zero-order valence-corrected chi connectivity index (χ0v) is 12.8. The third-order valence-electron chi connectivity index (χ3n) is 3.57. The molecule has 1 heterocycles. The second-order valence-corrected chi connectivity index (χ2v) is 7.44. The normalized spacial score (nSPS) is 13.4. The number of nitrogen functional groups attached to an aromatic ring is 1. The van der Waals surface area contributed by atoms with Crippen LogP contribution in [0.25, 0.3) is 11.1 Å². The lowest BCUT2D eigenvalue weighted by Gasteiger charge is -2.10. The van der Waals surface area contributed by atoms with Crippen LogP contribution in [0.1, 0.15) is 29.0 Å². The average Bonchev–Trinajstić information content (AvgIpc) is 2.72. The summed E-state index contributed by atoms with van der Waals surface area (Å²) in [7, 11) is -3.27. The lowest BCUT2D eigenvalue weighted by molar-refractivity contribution is 0.427. The molecule has 0 aliphatic rings. The molecule has 0 spiro atoms. The Bertz CT molecular complexity index is 748. The summed E-state index contributed by atoms with van der Waals surface area (Å²) in [6.45, 7) is 5.58. The van der Waals surface area contributed by atoms with E-state index in [0.717, 1.165) is 16.7 Å². The zero-order chi connectivity index (χ0) is 15.1. The van der Waals surface area contributed by atoms with Crippen LogP contribution in [0, 0.1) is 13.8 Å². The Morgan fingerprint density at radius 3 is 2.45 bits per heavy atom. The van der Waals surface area contributed by atoms with E-state index in [4.69, 9.17) is 10.3 Å². The molecule has 0 aliphatic heterocycles. The third kappa shape index (κ3) is 2.56. The fraction of sp³-hybridized carbons (Fsp3) is 0.357. The molecule has 0 saturated carbocycles. The number of hydrogen-bond acceptors (Lipinski definition) is 5. The van der Waals surface area contributed by atoms with Crippen LogP contribution in [0.2, 0.25) is 0 Å². The van der Waals surface area contributed by atoms with Crippen molar-refractivity contribution in [1.82, 2.24) is 5.16 Å². The van der Waals surface area contributed by atoms with Crippen molar-refractivity contribution in [3.05, 3.63) is 35.0 Å². The number of aryl methyl sites for hydroxylation is 2. The van der Waals surface area contributed by atoms with Crippen LogP contribution >= 0.6 is 0 Å². The number of sulfone groups is 1. The van der Waals surface area contributed by atoms with Crippen molar-refractivity contribution in [3.63, 3.8) is 0 Å². The molecule has 108 valence electrons. The Morgan fingerprint density at radius 1 is 1.25 bits per heavy atom. The minimum atomic E-state index is -3.27. The minimum absolute atomic E-state index is 0.138. The van der Waals surface area contributed by atoms with Crippen molar-refractivity contribution < 1.29 is 12.9 Å². The number of benzene rings is 1. The van der Waals surface area contributed by atoms with Crippen molar-refractivity contribution in [2.45, 2.75) is 26.0 Å². The molecule has 0 bridgehead atoms. The third-order valence-corrected chi connectivity index (χ3v) is 5.08. The fourth-order valence-corrected chi connectivity index (χ4v) is 2.55. The Kier molecular flexibility index (Phi) is 3.60. The summed E-state index contributed by atoms with van der Waals surface area (Å²) in [5.41, 5.74) is 9.80. The molecule has 5 nitrogen and oxygen atoms in total. The first-order valence-corrected chi connectivity index (χ1v) is 8.18. The predicted octanol–water partition coefficient (Wildman–Crippen LogP) is 2.65. The van der Waals surface area contributed by atoms with Gasteiger partial charge in [0, 0.05) is 6.26 Å². The number of aromatic nitrogens is 1. The lowest BCUT2D eigenvalue weighted by atomic mass is 9.99. The van der Waals surface area contributed by atoms with Crippen molar-refractivity contribution in [3.8, 4) is 11.1 Å². The van der Waals surface area contributed by atoms with E-state index >= 15 is 0 Å². The van der Waals surface area contributed by atoms with E-state index in [1.54, 1.807) is 6.92 Å². The maximum atomic E-state index is 11.7. The number of nitrogens with zero attached hydrogens (tertiary/aromatic N) is 1. The molecule has 2 rings (SSSR count). The Balaban J connectivity index is 2.63. The first-order chi connectivity index (χ1) is 9.21. The summed E-state index contributed by atoms with van der Waals surface area (Å²) >= 11 is 0. The molecule has 0 aliphatic carbocycles. The molecule has 1 aromatic heterocycles. The van der Waals surface area contributed by atoms with Crippen molar-refractivity contribution in [2.24, 2.45) is 0 Å². The van der Waals surface area contributed by atoms with Gasteiger partial charge in [0.25, 0.3) is 0 Å². The van der Waals surface area contributed by atoms with Gasteiger partial charge >= 0.3 is 0 Å².